The molecule has 1 amide bonds. The van der Waals surface area contributed by atoms with Gasteiger partial charge in [0.25, 0.3) is 0 Å². The van der Waals surface area contributed by atoms with Crippen molar-refractivity contribution >= 4 is 17.7 Å². The second-order valence-corrected chi connectivity index (χ2v) is 9.46. The Morgan fingerprint density at radius 1 is 1.09 bits per heavy atom. The van der Waals surface area contributed by atoms with Gasteiger partial charge in [0, 0.05) is 18.8 Å². The number of benzene rings is 2. The molecule has 3 aromatic rings. The number of thioether (sulfide) groups is 1. The van der Waals surface area contributed by atoms with Crippen molar-refractivity contribution in [3.05, 3.63) is 66.0 Å². The summed E-state index contributed by atoms with van der Waals surface area (Å²) in [6, 6.07) is 16.2. The number of carbonyl (C=O) groups excluding carboxylic acids is 1. The van der Waals surface area contributed by atoms with Crippen molar-refractivity contribution < 1.29 is 9.53 Å². The zero-order chi connectivity index (χ0) is 23.0. The molecule has 7 nitrogen and oxygen atoms in total. The molecule has 1 N–H and O–H groups in total. The first-order valence-corrected chi connectivity index (χ1v) is 12.3. The summed E-state index contributed by atoms with van der Waals surface area (Å²) < 4.78 is 7.06. The van der Waals surface area contributed by atoms with Crippen molar-refractivity contribution in [3.8, 4) is 11.4 Å². The van der Waals surface area contributed by atoms with Gasteiger partial charge in [-0.2, -0.15) is 0 Å². The first-order chi connectivity index (χ1) is 16.1. The van der Waals surface area contributed by atoms with E-state index in [-0.39, 0.29) is 11.7 Å². The predicted octanol–water partition coefficient (Wildman–Crippen LogP) is 3.92. The molecule has 1 aliphatic rings. The number of nitrogens with zero attached hydrogens (tertiary/aromatic N) is 4. The lowest BCUT2D eigenvalue weighted by Gasteiger charge is -2.30. The van der Waals surface area contributed by atoms with Crippen molar-refractivity contribution in [1.82, 2.24) is 25.0 Å². The van der Waals surface area contributed by atoms with Crippen LogP contribution in [0.2, 0.25) is 0 Å². The van der Waals surface area contributed by atoms with Crippen LogP contribution in [-0.2, 0) is 17.9 Å². The van der Waals surface area contributed by atoms with E-state index >= 15 is 0 Å². The van der Waals surface area contributed by atoms with E-state index in [0.717, 1.165) is 29.5 Å². The Kier molecular flexibility index (Phi) is 8.01. The number of aromatic nitrogens is 3. The normalized spacial score (nSPS) is 14.8. The highest BCUT2D eigenvalue weighted by Crippen LogP contribution is 2.21. The lowest BCUT2D eigenvalue weighted by Crippen LogP contribution is -2.32. The second kappa shape index (κ2) is 11.3. The van der Waals surface area contributed by atoms with E-state index < -0.39 is 0 Å². The quantitative estimate of drug-likeness (QED) is 0.483. The number of piperidine rings is 1. The number of ether oxygens (including phenoxy) is 1. The van der Waals surface area contributed by atoms with Gasteiger partial charge in [0.05, 0.1) is 12.9 Å². The topological polar surface area (TPSA) is 72.3 Å². The second-order valence-electron chi connectivity index (χ2n) is 8.52. The smallest absolute Gasteiger partial charge is 0.230 e. The largest absolute Gasteiger partial charge is 0.497 e. The van der Waals surface area contributed by atoms with Gasteiger partial charge in [-0.05, 0) is 67.2 Å². The molecular formula is C25H31N5O2S. The molecule has 33 heavy (non-hydrogen) atoms. The standard InChI is InChI=1S/C25H31N5O2S/c1-19-11-13-29(14-12-19)16-21-5-3-20(4-6-21)15-26-24(31)17-33-25-28-27-18-30(25)22-7-9-23(32-2)10-8-22/h3-10,18-19H,11-17H2,1-2H3,(H,26,31). The molecule has 8 heteroatoms. The van der Waals surface area contributed by atoms with Crippen LogP contribution in [0.3, 0.4) is 0 Å². The molecule has 174 valence electrons. The van der Waals surface area contributed by atoms with E-state index in [4.69, 9.17) is 4.74 Å². The lowest BCUT2D eigenvalue weighted by atomic mass is 9.99. The molecule has 0 spiro atoms. The van der Waals surface area contributed by atoms with Crippen molar-refractivity contribution in [1.29, 1.82) is 0 Å². The fourth-order valence-corrected chi connectivity index (χ4v) is 4.62. The third-order valence-electron chi connectivity index (χ3n) is 5.99. The first-order valence-electron chi connectivity index (χ1n) is 11.3. The highest BCUT2D eigenvalue weighted by molar-refractivity contribution is 7.99. The zero-order valence-electron chi connectivity index (χ0n) is 19.2. The van der Waals surface area contributed by atoms with Gasteiger partial charge in [0.1, 0.15) is 12.1 Å². The third kappa shape index (κ3) is 6.58. The molecule has 0 aliphatic carbocycles. The highest BCUT2D eigenvalue weighted by atomic mass is 32.2. The minimum atomic E-state index is -0.0317. The van der Waals surface area contributed by atoms with Gasteiger partial charge >= 0.3 is 0 Å². The molecule has 1 saturated heterocycles. The third-order valence-corrected chi connectivity index (χ3v) is 6.94. The fraction of sp³-hybridized carbons (Fsp3) is 0.400. The minimum Gasteiger partial charge on any atom is -0.497 e. The number of methoxy groups -OCH3 is 1. The maximum atomic E-state index is 12.4. The number of rotatable bonds is 9. The van der Waals surface area contributed by atoms with E-state index in [2.05, 4.69) is 51.6 Å². The molecule has 1 aromatic heterocycles. The molecule has 2 aromatic carbocycles. The number of hydrogen-bond donors (Lipinski definition) is 1. The van der Waals surface area contributed by atoms with Crippen LogP contribution >= 0.6 is 11.8 Å². The number of hydrogen-bond acceptors (Lipinski definition) is 6. The average molecular weight is 466 g/mol. The SMILES string of the molecule is COc1ccc(-n2cnnc2SCC(=O)NCc2ccc(CN3CCC(C)CC3)cc2)cc1. The first kappa shape index (κ1) is 23.3. The maximum absolute atomic E-state index is 12.4. The zero-order valence-corrected chi connectivity index (χ0v) is 20.1. The van der Waals surface area contributed by atoms with Gasteiger partial charge in [-0.1, -0.05) is 43.0 Å². The van der Waals surface area contributed by atoms with E-state index in [0.29, 0.717) is 11.7 Å². The van der Waals surface area contributed by atoms with Crippen LogP contribution in [0.25, 0.3) is 5.69 Å². The molecule has 2 heterocycles. The van der Waals surface area contributed by atoms with Crippen molar-refractivity contribution in [2.45, 2.75) is 38.0 Å². The van der Waals surface area contributed by atoms with Crippen molar-refractivity contribution in [2.75, 3.05) is 26.0 Å². The molecule has 0 radical (unpaired) electrons. The number of carbonyl (C=O) groups is 1. The predicted molar refractivity (Wildman–Crippen MR) is 131 cm³/mol. The van der Waals surface area contributed by atoms with Crippen LogP contribution in [0.1, 0.15) is 30.9 Å². The van der Waals surface area contributed by atoms with E-state index in [1.165, 1.54) is 43.3 Å². The highest BCUT2D eigenvalue weighted by Gasteiger charge is 2.15. The molecule has 0 atom stereocenters. The maximum Gasteiger partial charge on any atom is 0.230 e. The summed E-state index contributed by atoms with van der Waals surface area (Å²) in [7, 11) is 1.64. The van der Waals surface area contributed by atoms with E-state index in [1.807, 2.05) is 28.8 Å². The summed E-state index contributed by atoms with van der Waals surface area (Å²) in [5, 5.41) is 11.8. The number of likely N-dealkylation sites (tertiary alicyclic amines) is 1. The average Bonchev–Trinajstić information content (AvgIpc) is 3.32. The Morgan fingerprint density at radius 3 is 2.48 bits per heavy atom. The summed E-state index contributed by atoms with van der Waals surface area (Å²) in [5.74, 6) is 1.88. The lowest BCUT2D eigenvalue weighted by molar-refractivity contribution is -0.118. The van der Waals surface area contributed by atoms with E-state index in [9.17, 15) is 4.79 Å². The van der Waals surface area contributed by atoms with Gasteiger partial charge < -0.3 is 10.1 Å². The Bertz CT molecular complexity index is 1030. The molecular weight excluding hydrogens is 434 g/mol. The van der Waals surface area contributed by atoms with Gasteiger partial charge in [-0.3, -0.25) is 14.3 Å². The fourth-order valence-electron chi connectivity index (χ4n) is 3.87. The van der Waals surface area contributed by atoms with Gasteiger partial charge in [0.15, 0.2) is 5.16 Å². The number of nitrogens with one attached hydrogen (secondary N) is 1. The molecule has 0 saturated carbocycles. The van der Waals surface area contributed by atoms with Crippen LogP contribution in [-0.4, -0.2) is 51.5 Å². The molecule has 0 bridgehead atoms. The monoisotopic (exact) mass is 465 g/mol. The van der Waals surface area contributed by atoms with Gasteiger partial charge in [-0.15, -0.1) is 10.2 Å². The minimum absolute atomic E-state index is 0.0317. The van der Waals surface area contributed by atoms with Gasteiger partial charge in [0.2, 0.25) is 5.91 Å². The van der Waals surface area contributed by atoms with Gasteiger partial charge in [-0.25, -0.2) is 0 Å². The molecule has 1 fully saturated rings. The summed E-state index contributed by atoms with van der Waals surface area (Å²) in [6.45, 7) is 6.23. The Hall–Kier alpha value is -2.84. The van der Waals surface area contributed by atoms with Crippen molar-refractivity contribution in [3.63, 3.8) is 0 Å². The van der Waals surface area contributed by atoms with Crippen molar-refractivity contribution in [2.24, 2.45) is 5.92 Å². The van der Waals surface area contributed by atoms with Crippen LogP contribution in [0, 0.1) is 5.92 Å². The Labute approximate surface area is 199 Å². The molecule has 1 aliphatic heterocycles. The summed E-state index contributed by atoms with van der Waals surface area (Å²) in [6.07, 6.45) is 4.23. The Morgan fingerprint density at radius 2 is 1.79 bits per heavy atom. The summed E-state index contributed by atoms with van der Waals surface area (Å²) >= 11 is 1.36. The van der Waals surface area contributed by atoms with Crippen LogP contribution in [0.15, 0.2) is 60.0 Å². The Balaban J connectivity index is 1.23. The van der Waals surface area contributed by atoms with Crippen LogP contribution < -0.4 is 10.1 Å². The summed E-state index contributed by atoms with van der Waals surface area (Å²) in [5.41, 5.74) is 3.35. The molecule has 0 unspecified atom stereocenters. The number of amides is 1. The van der Waals surface area contributed by atoms with Crippen LogP contribution in [0.4, 0.5) is 0 Å². The van der Waals surface area contributed by atoms with Crippen LogP contribution in [0.5, 0.6) is 5.75 Å². The summed E-state index contributed by atoms with van der Waals surface area (Å²) in [4.78, 5) is 14.9. The van der Waals surface area contributed by atoms with E-state index in [1.54, 1.807) is 13.4 Å². The molecule has 4 rings (SSSR count).